The Bertz CT molecular complexity index is 295. The van der Waals surface area contributed by atoms with Crippen molar-refractivity contribution in [3.05, 3.63) is 27.7 Å². The van der Waals surface area contributed by atoms with Crippen LogP contribution in [-0.4, -0.2) is 0 Å². The molecular weight excluding hydrogens is 193 g/mol. The van der Waals surface area contributed by atoms with Crippen LogP contribution in [0.5, 0.6) is 0 Å². The standard InChI is InChI=1S/C9H11Cl2N/c1-5(2)8-6(10)3-4-7(12)9(8)11/h3-5H,12H2,1-2H3. The molecule has 0 spiro atoms. The van der Waals surface area contributed by atoms with Gasteiger partial charge in [0.05, 0.1) is 10.7 Å². The molecule has 0 aliphatic rings. The second-order valence-corrected chi connectivity index (χ2v) is 3.80. The van der Waals surface area contributed by atoms with Gasteiger partial charge in [0, 0.05) is 5.02 Å². The zero-order valence-electron chi connectivity index (χ0n) is 7.07. The molecule has 1 aromatic carbocycles. The highest BCUT2D eigenvalue weighted by atomic mass is 35.5. The minimum absolute atomic E-state index is 0.300. The van der Waals surface area contributed by atoms with Crippen LogP contribution in [0.1, 0.15) is 25.3 Å². The van der Waals surface area contributed by atoms with Crippen LogP contribution in [0.4, 0.5) is 5.69 Å². The van der Waals surface area contributed by atoms with Crippen molar-refractivity contribution < 1.29 is 0 Å². The number of anilines is 1. The monoisotopic (exact) mass is 203 g/mol. The molecule has 66 valence electrons. The zero-order valence-corrected chi connectivity index (χ0v) is 8.58. The van der Waals surface area contributed by atoms with E-state index in [0.29, 0.717) is 21.7 Å². The normalized spacial score (nSPS) is 10.8. The summed E-state index contributed by atoms with van der Waals surface area (Å²) in [7, 11) is 0. The number of benzene rings is 1. The minimum atomic E-state index is 0.300. The van der Waals surface area contributed by atoms with Crippen LogP contribution in [0.3, 0.4) is 0 Å². The lowest BCUT2D eigenvalue weighted by atomic mass is 10.0. The first-order valence-electron chi connectivity index (χ1n) is 3.77. The van der Waals surface area contributed by atoms with Crippen molar-refractivity contribution in [2.24, 2.45) is 0 Å². The number of hydrogen-bond donors (Lipinski definition) is 1. The maximum Gasteiger partial charge on any atom is 0.0684 e. The number of nitrogens with two attached hydrogens (primary N) is 1. The summed E-state index contributed by atoms with van der Waals surface area (Å²) in [5, 5.41) is 1.27. The van der Waals surface area contributed by atoms with Gasteiger partial charge in [-0.2, -0.15) is 0 Å². The summed E-state index contributed by atoms with van der Waals surface area (Å²) in [6.07, 6.45) is 0. The summed E-state index contributed by atoms with van der Waals surface area (Å²) in [6, 6.07) is 3.49. The molecule has 1 nitrogen and oxygen atoms in total. The van der Waals surface area contributed by atoms with E-state index < -0.39 is 0 Å². The van der Waals surface area contributed by atoms with Gasteiger partial charge in [-0.25, -0.2) is 0 Å². The van der Waals surface area contributed by atoms with Crippen molar-refractivity contribution in [1.29, 1.82) is 0 Å². The Hall–Kier alpha value is -0.400. The third-order valence-electron chi connectivity index (χ3n) is 1.73. The van der Waals surface area contributed by atoms with Crippen molar-refractivity contribution in [2.45, 2.75) is 19.8 Å². The quantitative estimate of drug-likeness (QED) is 0.693. The SMILES string of the molecule is CC(C)c1c(Cl)ccc(N)c1Cl. The molecule has 0 heterocycles. The van der Waals surface area contributed by atoms with E-state index in [1.165, 1.54) is 0 Å². The van der Waals surface area contributed by atoms with Crippen molar-refractivity contribution in [1.82, 2.24) is 0 Å². The van der Waals surface area contributed by atoms with Crippen LogP contribution in [0, 0.1) is 0 Å². The highest BCUT2D eigenvalue weighted by molar-refractivity contribution is 6.37. The topological polar surface area (TPSA) is 26.0 Å². The second-order valence-electron chi connectivity index (χ2n) is 3.02. The van der Waals surface area contributed by atoms with Gasteiger partial charge >= 0.3 is 0 Å². The van der Waals surface area contributed by atoms with E-state index in [1.54, 1.807) is 12.1 Å². The van der Waals surface area contributed by atoms with Crippen LogP contribution in [-0.2, 0) is 0 Å². The van der Waals surface area contributed by atoms with Gasteiger partial charge < -0.3 is 5.73 Å². The fraction of sp³-hybridized carbons (Fsp3) is 0.333. The van der Waals surface area contributed by atoms with E-state index >= 15 is 0 Å². The molecule has 1 aromatic rings. The summed E-state index contributed by atoms with van der Waals surface area (Å²) in [5.41, 5.74) is 7.15. The predicted molar refractivity (Wildman–Crippen MR) is 55.0 cm³/mol. The van der Waals surface area contributed by atoms with E-state index in [2.05, 4.69) is 0 Å². The Kier molecular flexibility index (Phi) is 2.86. The molecule has 0 saturated heterocycles. The molecule has 12 heavy (non-hydrogen) atoms. The number of hydrogen-bond acceptors (Lipinski definition) is 1. The first kappa shape index (κ1) is 9.69. The lowest BCUT2D eigenvalue weighted by molar-refractivity contribution is 0.868. The molecule has 0 saturated carbocycles. The van der Waals surface area contributed by atoms with E-state index in [9.17, 15) is 0 Å². The van der Waals surface area contributed by atoms with Crippen LogP contribution < -0.4 is 5.73 Å². The first-order chi connectivity index (χ1) is 5.54. The maximum absolute atomic E-state index is 5.98. The van der Waals surface area contributed by atoms with E-state index in [4.69, 9.17) is 28.9 Å². The molecule has 0 aliphatic heterocycles. The number of nitrogen functional groups attached to an aromatic ring is 1. The predicted octanol–water partition coefficient (Wildman–Crippen LogP) is 3.70. The smallest absolute Gasteiger partial charge is 0.0684 e. The lowest BCUT2D eigenvalue weighted by Gasteiger charge is -2.11. The summed E-state index contributed by atoms with van der Waals surface area (Å²) in [5.74, 6) is 0.300. The Morgan fingerprint density at radius 3 is 2.25 bits per heavy atom. The highest BCUT2D eigenvalue weighted by Gasteiger charge is 2.11. The van der Waals surface area contributed by atoms with E-state index in [-0.39, 0.29) is 0 Å². The van der Waals surface area contributed by atoms with Gasteiger partial charge in [0.2, 0.25) is 0 Å². The maximum atomic E-state index is 5.98. The molecule has 0 aromatic heterocycles. The molecule has 0 fully saturated rings. The third kappa shape index (κ3) is 1.67. The van der Waals surface area contributed by atoms with Gasteiger partial charge in [0.15, 0.2) is 0 Å². The fourth-order valence-electron chi connectivity index (χ4n) is 1.12. The molecule has 0 bridgehead atoms. The van der Waals surface area contributed by atoms with E-state index in [0.717, 1.165) is 5.56 Å². The van der Waals surface area contributed by atoms with E-state index in [1.807, 2.05) is 13.8 Å². The molecule has 0 atom stereocenters. The van der Waals surface area contributed by atoms with Crippen LogP contribution in [0.25, 0.3) is 0 Å². The summed E-state index contributed by atoms with van der Waals surface area (Å²) in [6.45, 7) is 4.07. The molecule has 0 aliphatic carbocycles. The van der Waals surface area contributed by atoms with Crippen molar-refractivity contribution >= 4 is 28.9 Å². The summed E-state index contributed by atoms with van der Waals surface area (Å²) in [4.78, 5) is 0. The molecule has 1 rings (SSSR count). The molecule has 0 amide bonds. The summed E-state index contributed by atoms with van der Waals surface area (Å²) < 4.78 is 0. The largest absolute Gasteiger partial charge is 0.398 e. The molecule has 0 radical (unpaired) electrons. The van der Waals surface area contributed by atoms with Crippen LogP contribution in [0.2, 0.25) is 10.0 Å². The Morgan fingerprint density at radius 2 is 1.83 bits per heavy atom. The van der Waals surface area contributed by atoms with Gasteiger partial charge in [0.25, 0.3) is 0 Å². The average Bonchev–Trinajstić information content (AvgIpc) is 1.97. The number of rotatable bonds is 1. The Balaban J connectivity index is 3.33. The number of halogens is 2. The van der Waals surface area contributed by atoms with Gasteiger partial charge in [0.1, 0.15) is 0 Å². The summed E-state index contributed by atoms with van der Waals surface area (Å²) >= 11 is 11.9. The van der Waals surface area contributed by atoms with Gasteiger partial charge in [-0.05, 0) is 23.6 Å². The van der Waals surface area contributed by atoms with Crippen molar-refractivity contribution in [3.8, 4) is 0 Å². The van der Waals surface area contributed by atoms with Crippen molar-refractivity contribution in [3.63, 3.8) is 0 Å². The molecular formula is C9H11Cl2N. The zero-order chi connectivity index (χ0) is 9.30. The average molecular weight is 204 g/mol. The third-order valence-corrected chi connectivity index (χ3v) is 2.49. The molecule has 2 N–H and O–H groups in total. The second kappa shape index (κ2) is 3.55. The van der Waals surface area contributed by atoms with Crippen molar-refractivity contribution in [2.75, 3.05) is 5.73 Å². The van der Waals surface area contributed by atoms with Gasteiger partial charge in [-0.1, -0.05) is 37.0 Å². The molecule has 3 heteroatoms. The van der Waals surface area contributed by atoms with Gasteiger partial charge in [-0.3, -0.25) is 0 Å². The Labute approximate surface area is 82.5 Å². The Morgan fingerprint density at radius 1 is 1.25 bits per heavy atom. The first-order valence-corrected chi connectivity index (χ1v) is 4.53. The van der Waals surface area contributed by atoms with Crippen LogP contribution >= 0.6 is 23.2 Å². The molecule has 0 unspecified atom stereocenters. The van der Waals surface area contributed by atoms with Gasteiger partial charge in [-0.15, -0.1) is 0 Å². The minimum Gasteiger partial charge on any atom is -0.398 e. The lowest BCUT2D eigenvalue weighted by Crippen LogP contribution is -1.95. The highest BCUT2D eigenvalue weighted by Crippen LogP contribution is 2.34. The fourth-order valence-corrected chi connectivity index (χ4v) is 1.92. The van der Waals surface area contributed by atoms with Crippen LogP contribution in [0.15, 0.2) is 12.1 Å².